The van der Waals surface area contributed by atoms with Gasteiger partial charge in [0.1, 0.15) is 18.8 Å². The van der Waals surface area contributed by atoms with Gasteiger partial charge in [-0.25, -0.2) is 0 Å². The van der Waals surface area contributed by atoms with Crippen LogP contribution in [0.25, 0.3) is 0 Å². The van der Waals surface area contributed by atoms with Crippen LogP contribution in [0, 0.1) is 6.92 Å². The van der Waals surface area contributed by atoms with Gasteiger partial charge in [0, 0.05) is 33.3 Å². The van der Waals surface area contributed by atoms with Crippen molar-refractivity contribution < 1.29 is 52.3 Å². The highest BCUT2D eigenvalue weighted by atomic mass is 16.7. The summed E-state index contributed by atoms with van der Waals surface area (Å²) < 4.78 is 39.7. The van der Waals surface area contributed by atoms with Crippen molar-refractivity contribution in [3.63, 3.8) is 0 Å². The number of carbonyl (C=O) groups is 4. The number of rotatable bonds is 10. The Hall–Kier alpha value is -3.34. The molecule has 1 saturated heterocycles. The van der Waals surface area contributed by atoms with Gasteiger partial charge in [0.15, 0.2) is 29.8 Å². The Morgan fingerprint density at radius 3 is 1.86 bits per heavy atom. The molecule has 1 aromatic carbocycles. The number of hydrogen-bond donors (Lipinski definition) is 0. The van der Waals surface area contributed by atoms with Crippen LogP contribution in [-0.2, 0) is 42.9 Å². The molecule has 36 heavy (non-hydrogen) atoms. The number of carbonyl (C=O) groups excluding carboxylic acids is 4. The lowest BCUT2D eigenvalue weighted by Crippen LogP contribution is -2.59. The fourth-order valence-corrected chi connectivity index (χ4v) is 4.02. The van der Waals surface area contributed by atoms with E-state index in [1.54, 1.807) is 19.1 Å². The van der Waals surface area contributed by atoms with Gasteiger partial charge in [-0.05, 0) is 38.5 Å². The van der Waals surface area contributed by atoms with Crippen LogP contribution in [0.2, 0.25) is 0 Å². The van der Waals surface area contributed by atoms with Gasteiger partial charge in [0.2, 0.25) is 0 Å². The molecule has 1 aliphatic rings. The summed E-state index contributed by atoms with van der Waals surface area (Å²) in [5.41, 5.74) is 1.25. The van der Waals surface area contributed by atoms with Crippen LogP contribution in [0.3, 0.4) is 0 Å². The van der Waals surface area contributed by atoms with Crippen molar-refractivity contribution in [1.29, 1.82) is 0 Å². The summed E-state index contributed by atoms with van der Waals surface area (Å²) in [6.07, 6.45) is -5.88. The van der Waals surface area contributed by atoms with E-state index < -0.39 is 54.4 Å². The van der Waals surface area contributed by atoms with Crippen LogP contribution in [0.15, 0.2) is 12.1 Å². The molecular weight excluding hydrogens is 476 g/mol. The molecule has 11 nitrogen and oxygen atoms in total. The molecule has 1 fully saturated rings. The third-order valence-corrected chi connectivity index (χ3v) is 5.11. The molecule has 5 unspecified atom stereocenters. The standard InChI is InChI=1S/C25H34O11/c1-8-30-19-11-13(3)10-18(21(19)31-9-2)22-24(34-16(6)28)25(35-17(7)29)23(33-15(5)27)20(36-22)12-32-14(4)26/h10-11,20,22-25H,8-9,12H2,1-7H3. The van der Waals surface area contributed by atoms with Crippen molar-refractivity contribution in [3.05, 3.63) is 23.3 Å². The van der Waals surface area contributed by atoms with Crippen LogP contribution in [0.5, 0.6) is 11.5 Å². The number of aryl methyl sites for hydroxylation is 1. The van der Waals surface area contributed by atoms with Crippen LogP contribution in [-0.4, -0.2) is 68.1 Å². The Bertz CT molecular complexity index is 958. The Morgan fingerprint density at radius 1 is 0.778 bits per heavy atom. The minimum Gasteiger partial charge on any atom is -0.490 e. The van der Waals surface area contributed by atoms with E-state index in [2.05, 4.69) is 0 Å². The van der Waals surface area contributed by atoms with Crippen molar-refractivity contribution in [2.75, 3.05) is 19.8 Å². The largest absolute Gasteiger partial charge is 0.490 e. The molecule has 0 N–H and O–H groups in total. The smallest absolute Gasteiger partial charge is 0.303 e. The van der Waals surface area contributed by atoms with Gasteiger partial charge >= 0.3 is 23.9 Å². The second kappa shape index (κ2) is 13.1. The number of hydrogen-bond acceptors (Lipinski definition) is 11. The molecular formula is C25H34O11. The molecule has 11 heteroatoms. The summed E-state index contributed by atoms with van der Waals surface area (Å²) in [4.78, 5) is 47.7. The summed E-state index contributed by atoms with van der Waals surface area (Å²) in [5, 5.41) is 0. The average Bonchev–Trinajstić information content (AvgIpc) is 2.76. The first kappa shape index (κ1) is 28.9. The van der Waals surface area contributed by atoms with Crippen molar-refractivity contribution in [2.24, 2.45) is 0 Å². The first-order chi connectivity index (χ1) is 17.0. The second-order valence-electron chi connectivity index (χ2n) is 8.17. The highest BCUT2D eigenvalue weighted by molar-refractivity contribution is 5.69. The zero-order valence-electron chi connectivity index (χ0n) is 21.7. The first-order valence-corrected chi connectivity index (χ1v) is 11.7. The summed E-state index contributed by atoms with van der Waals surface area (Å²) in [6, 6.07) is 3.57. The predicted octanol–water partition coefficient (Wildman–Crippen LogP) is 2.59. The lowest BCUT2D eigenvalue weighted by atomic mass is 9.89. The Kier molecular flexibility index (Phi) is 10.5. The fourth-order valence-electron chi connectivity index (χ4n) is 4.02. The van der Waals surface area contributed by atoms with Gasteiger partial charge in [-0.15, -0.1) is 0 Å². The third-order valence-electron chi connectivity index (χ3n) is 5.11. The van der Waals surface area contributed by atoms with Gasteiger partial charge in [0.05, 0.1) is 13.2 Å². The number of benzene rings is 1. The lowest BCUT2D eigenvalue weighted by Gasteiger charge is -2.45. The summed E-state index contributed by atoms with van der Waals surface area (Å²) >= 11 is 0. The van der Waals surface area contributed by atoms with Gasteiger partial charge in [-0.1, -0.05) is 0 Å². The molecule has 200 valence electrons. The summed E-state index contributed by atoms with van der Waals surface area (Å²) in [5.74, 6) is -1.87. The molecule has 5 atom stereocenters. The minimum absolute atomic E-state index is 0.293. The van der Waals surface area contributed by atoms with E-state index in [1.165, 1.54) is 27.7 Å². The van der Waals surface area contributed by atoms with Crippen molar-refractivity contribution >= 4 is 23.9 Å². The zero-order chi connectivity index (χ0) is 27.0. The maximum Gasteiger partial charge on any atom is 0.303 e. The number of ether oxygens (including phenoxy) is 7. The molecule has 0 bridgehead atoms. The molecule has 0 spiro atoms. The van der Waals surface area contributed by atoms with Gasteiger partial charge in [-0.3, -0.25) is 19.2 Å². The van der Waals surface area contributed by atoms with E-state index in [9.17, 15) is 19.2 Å². The molecule has 0 amide bonds. The van der Waals surface area contributed by atoms with Crippen LogP contribution in [0.4, 0.5) is 0 Å². The van der Waals surface area contributed by atoms with Gasteiger partial charge < -0.3 is 33.2 Å². The van der Waals surface area contributed by atoms with E-state index in [4.69, 9.17) is 33.2 Å². The van der Waals surface area contributed by atoms with E-state index in [-0.39, 0.29) is 6.61 Å². The van der Waals surface area contributed by atoms with E-state index in [0.717, 1.165) is 5.56 Å². The average molecular weight is 511 g/mol. The lowest BCUT2D eigenvalue weighted by molar-refractivity contribution is -0.254. The Labute approximate surface area is 210 Å². The Balaban J connectivity index is 2.74. The molecule has 0 aliphatic carbocycles. The molecule has 2 rings (SSSR count). The minimum atomic E-state index is -1.28. The van der Waals surface area contributed by atoms with E-state index in [1.807, 2.05) is 13.8 Å². The van der Waals surface area contributed by atoms with Crippen LogP contribution < -0.4 is 9.47 Å². The second-order valence-corrected chi connectivity index (χ2v) is 8.17. The van der Waals surface area contributed by atoms with Crippen LogP contribution in [0.1, 0.15) is 58.8 Å². The predicted molar refractivity (Wildman–Crippen MR) is 124 cm³/mol. The zero-order valence-corrected chi connectivity index (χ0v) is 21.7. The summed E-state index contributed by atoms with van der Waals surface area (Å²) in [6.45, 7) is 10.6. The maximum absolute atomic E-state index is 12.1. The fraction of sp³-hybridized carbons (Fsp3) is 0.600. The highest BCUT2D eigenvalue weighted by Gasteiger charge is 2.53. The topological polar surface area (TPSA) is 133 Å². The van der Waals surface area contributed by atoms with Crippen LogP contribution >= 0.6 is 0 Å². The molecule has 0 aromatic heterocycles. The van der Waals surface area contributed by atoms with E-state index >= 15 is 0 Å². The normalized spacial score (nSPS) is 23.2. The van der Waals surface area contributed by atoms with Crippen molar-refractivity contribution in [2.45, 2.75) is 79.0 Å². The maximum atomic E-state index is 12.1. The van der Waals surface area contributed by atoms with E-state index in [0.29, 0.717) is 30.3 Å². The highest BCUT2D eigenvalue weighted by Crippen LogP contribution is 2.44. The first-order valence-electron chi connectivity index (χ1n) is 11.7. The van der Waals surface area contributed by atoms with Crippen molar-refractivity contribution in [1.82, 2.24) is 0 Å². The number of esters is 4. The van der Waals surface area contributed by atoms with Gasteiger partial charge in [0.25, 0.3) is 0 Å². The molecule has 0 radical (unpaired) electrons. The van der Waals surface area contributed by atoms with Gasteiger partial charge in [-0.2, -0.15) is 0 Å². The quantitative estimate of drug-likeness (QED) is 0.340. The summed E-state index contributed by atoms with van der Waals surface area (Å²) in [7, 11) is 0. The SMILES string of the molecule is CCOc1cc(C)cc(C2OC(COC(C)=O)C(OC(C)=O)C(OC(C)=O)C2OC(C)=O)c1OCC. The Morgan fingerprint density at radius 2 is 1.33 bits per heavy atom. The molecule has 1 aromatic rings. The monoisotopic (exact) mass is 510 g/mol. The van der Waals surface area contributed by atoms with Crippen molar-refractivity contribution in [3.8, 4) is 11.5 Å². The molecule has 0 saturated carbocycles. The molecule has 1 aliphatic heterocycles. The molecule has 1 heterocycles. The third kappa shape index (κ3) is 7.58.